The lowest BCUT2D eigenvalue weighted by Crippen LogP contribution is -2.17. The highest BCUT2D eigenvalue weighted by molar-refractivity contribution is 5.86. The molecule has 0 saturated heterocycles. The second kappa shape index (κ2) is 7.28. The molecule has 0 fully saturated rings. The monoisotopic (exact) mass is 376 g/mol. The first-order valence-electron chi connectivity index (χ1n) is 8.05. The Hall–Kier alpha value is -3.07. The van der Waals surface area contributed by atoms with Crippen LogP contribution in [-0.2, 0) is 6.42 Å². The van der Waals surface area contributed by atoms with Gasteiger partial charge in [-0.1, -0.05) is 37.0 Å². The van der Waals surface area contributed by atoms with Crippen LogP contribution in [0, 0.1) is 23.5 Å². The Morgan fingerprint density at radius 2 is 1.70 bits per heavy atom. The number of fused-ring (bicyclic) bond motifs is 1. The molecule has 0 aliphatic heterocycles. The van der Waals surface area contributed by atoms with Gasteiger partial charge in [-0.2, -0.15) is 0 Å². The normalized spacial score (nSPS) is 11.2. The second-order valence-corrected chi connectivity index (χ2v) is 5.78. The molecule has 1 nitrogen and oxygen atoms in total. The average Bonchev–Trinajstić information content (AvgIpc) is 2.62. The van der Waals surface area contributed by atoms with Crippen LogP contribution in [0.4, 0.5) is 22.0 Å². The van der Waals surface area contributed by atoms with Gasteiger partial charge in [0.2, 0.25) is 0 Å². The quantitative estimate of drug-likeness (QED) is 0.395. The van der Waals surface area contributed by atoms with E-state index in [0.29, 0.717) is 17.4 Å². The van der Waals surface area contributed by atoms with E-state index in [1.165, 1.54) is 30.3 Å². The highest BCUT2D eigenvalue weighted by Gasteiger charge is 2.32. The van der Waals surface area contributed by atoms with Crippen LogP contribution < -0.4 is 4.74 Å². The Kier molecular flexibility index (Phi) is 5.04. The zero-order chi connectivity index (χ0) is 19.6. The van der Waals surface area contributed by atoms with E-state index in [2.05, 4.69) is 16.6 Å². The van der Waals surface area contributed by atoms with Gasteiger partial charge in [0, 0.05) is 10.9 Å². The average molecular weight is 376 g/mol. The van der Waals surface area contributed by atoms with Crippen molar-refractivity contribution in [3.8, 4) is 17.6 Å². The maximum atomic E-state index is 14.2. The van der Waals surface area contributed by atoms with Gasteiger partial charge >= 0.3 is 6.36 Å². The minimum atomic E-state index is -4.97. The van der Waals surface area contributed by atoms with E-state index < -0.39 is 23.7 Å². The maximum Gasteiger partial charge on any atom is 0.573 e. The molecule has 0 heterocycles. The molecular weight excluding hydrogens is 363 g/mol. The third-order valence-corrected chi connectivity index (χ3v) is 3.93. The summed E-state index contributed by atoms with van der Waals surface area (Å²) in [5.41, 5.74) is 1.56. The molecule has 3 aromatic carbocycles. The van der Waals surface area contributed by atoms with Crippen LogP contribution >= 0.6 is 0 Å². The van der Waals surface area contributed by atoms with Crippen molar-refractivity contribution in [1.82, 2.24) is 0 Å². The van der Waals surface area contributed by atoms with Crippen LogP contribution in [0.3, 0.4) is 0 Å². The van der Waals surface area contributed by atoms with Gasteiger partial charge in [-0.25, -0.2) is 8.78 Å². The predicted molar refractivity (Wildman–Crippen MR) is 92.3 cm³/mol. The smallest absolute Gasteiger partial charge is 0.403 e. The van der Waals surface area contributed by atoms with Gasteiger partial charge in [0.1, 0.15) is 5.82 Å². The number of hydrogen-bond acceptors (Lipinski definition) is 1. The lowest BCUT2D eigenvalue weighted by atomic mass is 10.1. The van der Waals surface area contributed by atoms with Crippen molar-refractivity contribution < 1.29 is 26.7 Å². The van der Waals surface area contributed by atoms with Gasteiger partial charge in [0.25, 0.3) is 0 Å². The molecule has 0 aliphatic rings. The molecule has 0 aliphatic carbocycles. The number of halogens is 5. The summed E-state index contributed by atoms with van der Waals surface area (Å²) in [7, 11) is 0. The van der Waals surface area contributed by atoms with Crippen molar-refractivity contribution in [2.75, 3.05) is 0 Å². The van der Waals surface area contributed by atoms with Gasteiger partial charge in [0.15, 0.2) is 11.6 Å². The first kappa shape index (κ1) is 18.7. The highest BCUT2D eigenvalue weighted by Crippen LogP contribution is 2.31. The van der Waals surface area contributed by atoms with Crippen molar-refractivity contribution in [2.45, 2.75) is 19.7 Å². The zero-order valence-electron chi connectivity index (χ0n) is 14.1. The van der Waals surface area contributed by atoms with Crippen molar-refractivity contribution in [2.24, 2.45) is 0 Å². The minimum Gasteiger partial charge on any atom is -0.403 e. The van der Waals surface area contributed by atoms with Gasteiger partial charge in [-0.3, -0.25) is 0 Å². The van der Waals surface area contributed by atoms with Gasteiger partial charge in [-0.05, 0) is 47.7 Å². The third kappa shape index (κ3) is 4.37. The molecular formula is C21H13F5O. The number of benzene rings is 3. The summed E-state index contributed by atoms with van der Waals surface area (Å²) in [5, 5.41) is 0.330. The summed E-state index contributed by atoms with van der Waals surface area (Å²) in [6.45, 7) is 1.92. The summed E-state index contributed by atoms with van der Waals surface area (Å²) in [6, 6.07) is 11.3. The van der Waals surface area contributed by atoms with Crippen molar-refractivity contribution in [3.63, 3.8) is 0 Å². The van der Waals surface area contributed by atoms with Crippen LogP contribution in [0.25, 0.3) is 10.8 Å². The number of alkyl halides is 3. The van der Waals surface area contributed by atoms with Crippen molar-refractivity contribution in [1.29, 1.82) is 0 Å². The molecule has 0 unspecified atom stereocenters. The van der Waals surface area contributed by atoms with Crippen LogP contribution in [0.15, 0.2) is 48.5 Å². The Balaban J connectivity index is 1.93. The number of rotatable bonds is 2. The third-order valence-electron chi connectivity index (χ3n) is 3.93. The minimum absolute atomic E-state index is 0.0271. The summed E-state index contributed by atoms with van der Waals surface area (Å²) in [5.74, 6) is 3.06. The van der Waals surface area contributed by atoms with E-state index >= 15 is 0 Å². The summed E-state index contributed by atoms with van der Waals surface area (Å²) < 4.78 is 68.7. The summed E-state index contributed by atoms with van der Waals surface area (Å²) >= 11 is 0. The fraction of sp³-hybridized carbons (Fsp3) is 0.143. The molecule has 0 amide bonds. The summed E-state index contributed by atoms with van der Waals surface area (Å²) in [4.78, 5) is 0. The molecule has 0 atom stereocenters. The van der Waals surface area contributed by atoms with E-state index in [4.69, 9.17) is 0 Å². The van der Waals surface area contributed by atoms with Crippen molar-refractivity contribution in [3.05, 3.63) is 76.9 Å². The first-order chi connectivity index (χ1) is 12.8. The number of hydrogen-bond donors (Lipinski definition) is 0. The molecule has 0 aromatic heterocycles. The fourth-order valence-corrected chi connectivity index (χ4v) is 2.57. The molecule has 0 bridgehead atoms. The lowest BCUT2D eigenvalue weighted by Gasteiger charge is -2.11. The molecule has 0 spiro atoms. The van der Waals surface area contributed by atoms with E-state index in [1.54, 1.807) is 12.1 Å². The molecule has 0 N–H and O–H groups in total. The largest absolute Gasteiger partial charge is 0.573 e. The second-order valence-electron chi connectivity index (χ2n) is 5.78. The molecule has 3 aromatic rings. The topological polar surface area (TPSA) is 9.23 Å². The predicted octanol–water partition coefficient (Wildman–Crippen LogP) is 5.98. The lowest BCUT2D eigenvalue weighted by molar-refractivity contribution is -0.275. The number of ether oxygens (including phenoxy) is 1. The maximum absolute atomic E-state index is 14.2. The van der Waals surface area contributed by atoms with E-state index in [-0.39, 0.29) is 10.9 Å². The standard InChI is InChI=1S/C21H13F5O/c1-2-13-3-6-15(18(22)12-13)7-4-14-5-9-17-16(11-14)8-10-19(20(17)23)27-21(24,25)26/h3,5-6,8-12H,2H2,1H3. The van der Waals surface area contributed by atoms with Crippen LogP contribution in [0.5, 0.6) is 5.75 Å². The van der Waals surface area contributed by atoms with E-state index in [0.717, 1.165) is 11.6 Å². The number of aryl methyl sites for hydroxylation is 1. The molecule has 0 saturated carbocycles. The van der Waals surface area contributed by atoms with Crippen LogP contribution in [0.2, 0.25) is 0 Å². The zero-order valence-corrected chi connectivity index (χ0v) is 14.1. The molecule has 138 valence electrons. The Bertz CT molecular complexity index is 1060. The highest BCUT2D eigenvalue weighted by atomic mass is 19.4. The molecule has 27 heavy (non-hydrogen) atoms. The Morgan fingerprint density at radius 3 is 2.37 bits per heavy atom. The Morgan fingerprint density at radius 1 is 0.926 bits per heavy atom. The van der Waals surface area contributed by atoms with Crippen LogP contribution in [0.1, 0.15) is 23.6 Å². The van der Waals surface area contributed by atoms with E-state index in [9.17, 15) is 22.0 Å². The molecule has 0 radical (unpaired) electrons. The molecule has 3 rings (SSSR count). The summed E-state index contributed by atoms with van der Waals surface area (Å²) in [6.07, 6.45) is -4.27. The Labute approximate surface area is 152 Å². The van der Waals surface area contributed by atoms with Gasteiger partial charge < -0.3 is 4.74 Å². The fourth-order valence-electron chi connectivity index (χ4n) is 2.57. The SMILES string of the molecule is CCc1ccc(C#Cc2ccc3c(F)c(OC(F)(F)F)ccc3c2)c(F)c1. The first-order valence-corrected chi connectivity index (χ1v) is 8.05. The van der Waals surface area contributed by atoms with Gasteiger partial charge in [-0.15, -0.1) is 13.2 Å². The van der Waals surface area contributed by atoms with E-state index in [1.807, 2.05) is 6.92 Å². The van der Waals surface area contributed by atoms with Gasteiger partial charge in [0.05, 0.1) is 5.56 Å². The van der Waals surface area contributed by atoms with Crippen LogP contribution in [-0.4, -0.2) is 6.36 Å². The molecule has 6 heteroatoms. The van der Waals surface area contributed by atoms with Crippen molar-refractivity contribution >= 4 is 10.8 Å².